The molecule has 1 aliphatic heterocycles. The number of nitrogens with two attached hydrogens (primary N) is 1. The van der Waals surface area contributed by atoms with Crippen LogP contribution < -0.4 is 5.73 Å². The molecule has 0 aromatic rings. The van der Waals surface area contributed by atoms with Crippen LogP contribution in [0.4, 0.5) is 0 Å². The van der Waals surface area contributed by atoms with Crippen LogP contribution in [0.1, 0.15) is 20.3 Å². The van der Waals surface area contributed by atoms with Crippen LogP contribution in [0.5, 0.6) is 0 Å². The van der Waals surface area contributed by atoms with Gasteiger partial charge in [-0.25, -0.2) is 0 Å². The maximum atomic E-state index is 11.6. The number of hydrogen-bond acceptors (Lipinski definition) is 3. The van der Waals surface area contributed by atoms with Gasteiger partial charge in [-0.15, -0.1) is 0 Å². The Morgan fingerprint density at radius 3 is 2.60 bits per heavy atom. The lowest BCUT2D eigenvalue weighted by Gasteiger charge is -2.22. The van der Waals surface area contributed by atoms with Gasteiger partial charge in [0.2, 0.25) is 11.8 Å². The third-order valence-electron chi connectivity index (χ3n) is 2.22. The van der Waals surface area contributed by atoms with Gasteiger partial charge in [0.25, 0.3) is 0 Å². The van der Waals surface area contributed by atoms with Crippen LogP contribution in [0.15, 0.2) is 0 Å². The zero-order valence-electron chi connectivity index (χ0n) is 8.90. The Kier molecular flexibility index (Phi) is 3.62. The van der Waals surface area contributed by atoms with E-state index in [9.17, 15) is 9.59 Å². The molecule has 0 aliphatic carbocycles. The third kappa shape index (κ3) is 2.65. The lowest BCUT2D eigenvalue weighted by molar-refractivity contribution is -0.126. The summed E-state index contributed by atoms with van der Waals surface area (Å²) in [5.41, 5.74) is 5.04. The molecule has 2 amide bonds. The minimum absolute atomic E-state index is 0.0144. The van der Waals surface area contributed by atoms with Gasteiger partial charge in [0.15, 0.2) is 5.11 Å². The molecular formula is C9H15N3O2S. The second-order valence-electron chi connectivity index (χ2n) is 3.78. The van der Waals surface area contributed by atoms with Gasteiger partial charge in [-0.2, -0.15) is 0 Å². The number of rotatable bonds is 4. The monoisotopic (exact) mass is 229 g/mol. The Morgan fingerprint density at radius 2 is 2.20 bits per heavy atom. The van der Waals surface area contributed by atoms with Gasteiger partial charge < -0.3 is 10.6 Å². The molecule has 15 heavy (non-hydrogen) atoms. The van der Waals surface area contributed by atoms with Crippen molar-refractivity contribution < 1.29 is 9.59 Å². The topological polar surface area (TPSA) is 66.6 Å². The van der Waals surface area contributed by atoms with E-state index in [1.807, 2.05) is 13.8 Å². The average Bonchev–Trinajstić information content (AvgIpc) is 2.37. The average molecular weight is 229 g/mol. The molecule has 0 aromatic carbocycles. The molecule has 1 aliphatic rings. The highest BCUT2D eigenvalue weighted by Crippen LogP contribution is 2.14. The highest BCUT2D eigenvalue weighted by atomic mass is 32.1. The molecule has 1 rings (SSSR count). The second kappa shape index (κ2) is 4.57. The zero-order valence-corrected chi connectivity index (χ0v) is 9.71. The molecule has 84 valence electrons. The van der Waals surface area contributed by atoms with E-state index in [0.717, 1.165) is 0 Å². The van der Waals surface area contributed by atoms with Crippen LogP contribution in [-0.2, 0) is 9.59 Å². The SMILES string of the molecule is CC(C)N1C(=O)CN(CCC(N)=O)C1=S. The van der Waals surface area contributed by atoms with Crippen molar-refractivity contribution in [3.63, 3.8) is 0 Å². The minimum Gasteiger partial charge on any atom is -0.370 e. The quantitative estimate of drug-likeness (QED) is 0.672. The van der Waals surface area contributed by atoms with Crippen LogP contribution >= 0.6 is 12.2 Å². The van der Waals surface area contributed by atoms with Crippen molar-refractivity contribution in [2.45, 2.75) is 26.3 Å². The number of carbonyl (C=O) groups excluding carboxylic acids is 2. The van der Waals surface area contributed by atoms with Gasteiger partial charge in [-0.05, 0) is 26.1 Å². The van der Waals surface area contributed by atoms with Crippen molar-refractivity contribution in [1.82, 2.24) is 9.80 Å². The zero-order chi connectivity index (χ0) is 11.6. The molecule has 0 saturated carbocycles. The predicted molar refractivity (Wildman–Crippen MR) is 60.0 cm³/mol. The van der Waals surface area contributed by atoms with E-state index < -0.39 is 0 Å². The first kappa shape index (κ1) is 11.9. The summed E-state index contributed by atoms with van der Waals surface area (Å²) in [7, 11) is 0. The summed E-state index contributed by atoms with van der Waals surface area (Å²) in [5.74, 6) is -0.396. The molecule has 5 nitrogen and oxygen atoms in total. The number of nitrogens with zero attached hydrogens (tertiary/aromatic N) is 2. The highest BCUT2D eigenvalue weighted by molar-refractivity contribution is 7.80. The fourth-order valence-corrected chi connectivity index (χ4v) is 1.96. The fraction of sp³-hybridized carbons (Fsp3) is 0.667. The fourth-order valence-electron chi connectivity index (χ4n) is 1.49. The second-order valence-corrected chi connectivity index (χ2v) is 4.14. The summed E-state index contributed by atoms with van der Waals surface area (Å²) in [5, 5.41) is 0.497. The van der Waals surface area contributed by atoms with Crippen LogP contribution in [0.3, 0.4) is 0 Å². The Labute approximate surface area is 94.2 Å². The van der Waals surface area contributed by atoms with Crippen molar-refractivity contribution >= 4 is 29.1 Å². The van der Waals surface area contributed by atoms with E-state index in [1.165, 1.54) is 0 Å². The summed E-state index contributed by atoms with van der Waals surface area (Å²) in [6, 6.07) is 0.0589. The van der Waals surface area contributed by atoms with Crippen molar-refractivity contribution in [2.75, 3.05) is 13.1 Å². The Hall–Kier alpha value is -1.17. The molecule has 6 heteroatoms. The smallest absolute Gasteiger partial charge is 0.248 e. The lowest BCUT2D eigenvalue weighted by atomic mass is 10.3. The van der Waals surface area contributed by atoms with Crippen molar-refractivity contribution in [3.05, 3.63) is 0 Å². The first-order chi connectivity index (χ1) is 6.93. The van der Waals surface area contributed by atoms with Gasteiger partial charge in [0.05, 0.1) is 6.54 Å². The molecule has 1 heterocycles. The van der Waals surface area contributed by atoms with Gasteiger partial charge in [-0.3, -0.25) is 14.5 Å². The molecule has 0 atom stereocenters. The summed E-state index contributed by atoms with van der Waals surface area (Å²) in [4.78, 5) is 25.5. The largest absolute Gasteiger partial charge is 0.370 e. The molecule has 0 unspecified atom stereocenters. The van der Waals surface area contributed by atoms with E-state index in [2.05, 4.69) is 0 Å². The number of carbonyl (C=O) groups is 2. The molecular weight excluding hydrogens is 214 g/mol. The van der Waals surface area contributed by atoms with Gasteiger partial charge >= 0.3 is 0 Å². The first-order valence-electron chi connectivity index (χ1n) is 4.82. The number of hydrogen-bond donors (Lipinski definition) is 1. The van der Waals surface area contributed by atoms with Crippen LogP contribution in [0, 0.1) is 0 Å². The summed E-state index contributed by atoms with van der Waals surface area (Å²) >= 11 is 5.15. The van der Waals surface area contributed by atoms with Gasteiger partial charge in [-0.1, -0.05) is 0 Å². The maximum absolute atomic E-state index is 11.6. The molecule has 0 spiro atoms. The first-order valence-corrected chi connectivity index (χ1v) is 5.23. The maximum Gasteiger partial charge on any atom is 0.248 e. The number of amides is 2. The van der Waals surface area contributed by atoms with Crippen LogP contribution in [0.25, 0.3) is 0 Å². The van der Waals surface area contributed by atoms with E-state index in [-0.39, 0.29) is 30.8 Å². The summed E-state index contributed by atoms with van der Waals surface area (Å²) in [6.07, 6.45) is 0.222. The molecule has 1 saturated heterocycles. The van der Waals surface area contributed by atoms with Gasteiger partial charge in [0.1, 0.15) is 0 Å². The number of primary amides is 1. The van der Waals surface area contributed by atoms with Crippen molar-refractivity contribution in [2.24, 2.45) is 5.73 Å². The number of thiocarbonyl (C=S) groups is 1. The molecule has 2 N–H and O–H groups in total. The molecule has 0 radical (unpaired) electrons. The molecule has 0 aromatic heterocycles. The highest BCUT2D eigenvalue weighted by Gasteiger charge is 2.33. The van der Waals surface area contributed by atoms with Crippen LogP contribution in [-0.4, -0.2) is 45.9 Å². The molecule has 0 bridgehead atoms. The Balaban J connectivity index is 2.61. The van der Waals surface area contributed by atoms with Crippen molar-refractivity contribution in [1.29, 1.82) is 0 Å². The predicted octanol–water partition coefficient (Wildman–Crippen LogP) is -0.301. The van der Waals surface area contributed by atoms with E-state index in [4.69, 9.17) is 18.0 Å². The van der Waals surface area contributed by atoms with E-state index in [0.29, 0.717) is 11.7 Å². The summed E-state index contributed by atoms with van der Waals surface area (Å²) in [6.45, 7) is 4.48. The Morgan fingerprint density at radius 1 is 1.60 bits per heavy atom. The summed E-state index contributed by atoms with van der Waals surface area (Å²) < 4.78 is 0. The minimum atomic E-state index is -0.381. The molecule has 1 fully saturated rings. The van der Waals surface area contributed by atoms with E-state index >= 15 is 0 Å². The normalized spacial score (nSPS) is 16.7. The van der Waals surface area contributed by atoms with Crippen molar-refractivity contribution in [3.8, 4) is 0 Å². The van der Waals surface area contributed by atoms with Gasteiger partial charge in [0, 0.05) is 19.0 Å². The lowest BCUT2D eigenvalue weighted by Crippen LogP contribution is -2.38. The van der Waals surface area contributed by atoms with E-state index in [1.54, 1.807) is 9.80 Å². The standard InChI is InChI=1S/C9H15N3O2S/c1-6(2)12-8(14)5-11(9(12)15)4-3-7(10)13/h6H,3-5H2,1-2H3,(H2,10,13). The third-order valence-corrected chi connectivity index (χ3v) is 2.67. The van der Waals surface area contributed by atoms with Crippen LogP contribution in [0.2, 0.25) is 0 Å². The Bertz CT molecular complexity index is 304.